The van der Waals surface area contributed by atoms with Crippen molar-refractivity contribution >= 4 is 11.9 Å². The van der Waals surface area contributed by atoms with Gasteiger partial charge in [-0.25, -0.2) is 4.79 Å². The van der Waals surface area contributed by atoms with Crippen LogP contribution in [-0.2, 0) is 11.2 Å². The van der Waals surface area contributed by atoms with Gasteiger partial charge in [0.05, 0.1) is 5.92 Å². The minimum Gasteiger partial charge on any atom is -0.355 e. The van der Waals surface area contributed by atoms with Gasteiger partial charge in [-0.1, -0.05) is 30.3 Å². The van der Waals surface area contributed by atoms with Gasteiger partial charge in [-0.05, 0) is 51.1 Å². The summed E-state index contributed by atoms with van der Waals surface area (Å²) in [4.78, 5) is 29.0. The van der Waals surface area contributed by atoms with Crippen LogP contribution in [0.25, 0.3) is 0 Å². The van der Waals surface area contributed by atoms with E-state index in [1.807, 2.05) is 30.0 Å². The fourth-order valence-electron chi connectivity index (χ4n) is 4.37. The molecule has 6 nitrogen and oxygen atoms in total. The average Bonchev–Trinajstić information content (AvgIpc) is 2.75. The highest BCUT2D eigenvalue weighted by Crippen LogP contribution is 2.24. The fourth-order valence-corrected chi connectivity index (χ4v) is 4.37. The first-order chi connectivity index (χ1) is 13.7. The van der Waals surface area contributed by atoms with Crippen LogP contribution in [0.15, 0.2) is 30.3 Å². The summed E-state index contributed by atoms with van der Waals surface area (Å²) in [6.07, 6.45) is 4.93. The lowest BCUT2D eigenvalue weighted by Gasteiger charge is -2.42. The van der Waals surface area contributed by atoms with Crippen molar-refractivity contribution < 1.29 is 9.59 Å². The van der Waals surface area contributed by atoms with Crippen molar-refractivity contribution in [2.45, 2.75) is 45.1 Å². The molecule has 2 fully saturated rings. The summed E-state index contributed by atoms with van der Waals surface area (Å²) in [6, 6.07) is 10.8. The van der Waals surface area contributed by atoms with Crippen molar-refractivity contribution in [3.05, 3.63) is 35.9 Å². The van der Waals surface area contributed by atoms with Gasteiger partial charge in [0.15, 0.2) is 0 Å². The Balaban J connectivity index is 1.41. The molecule has 0 bridgehead atoms. The molecule has 28 heavy (non-hydrogen) atoms. The average molecular weight is 387 g/mol. The first-order valence-corrected chi connectivity index (χ1v) is 10.8. The number of hydrogen-bond donors (Lipinski definition) is 2. The smallest absolute Gasteiger partial charge is 0.317 e. The molecule has 0 aliphatic carbocycles. The van der Waals surface area contributed by atoms with Gasteiger partial charge in [0.1, 0.15) is 0 Å². The summed E-state index contributed by atoms with van der Waals surface area (Å²) in [5, 5.41) is 6.02. The van der Waals surface area contributed by atoms with E-state index in [1.165, 1.54) is 5.56 Å². The van der Waals surface area contributed by atoms with E-state index in [0.717, 1.165) is 58.3 Å². The predicted octanol–water partition coefficient (Wildman–Crippen LogP) is 2.25. The van der Waals surface area contributed by atoms with Gasteiger partial charge in [0, 0.05) is 38.8 Å². The minimum atomic E-state index is 0.0512. The topological polar surface area (TPSA) is 64.7 Å². The zero-order valence-corrected chi connectivity index (χ0v) is 17.0. The molecular formula is C22H34N4O2. The Morgan fingerprint density at radius 3 is 2.50 bits per heavy atom. The predicted molar refractivity (Wildman–Crippen MR) is 111 cm³/mol. The second kappa shape index (κ2) is 10.5. The fraction of sp³-hybridized carbons (Fsp3) is 0.636. The maximum atomic E-state index is 12.6. The highest BCUT2D eigenvalue weighted by atomic mass is 16.2. The molecule has 2 aliphatic heterocycles. The van der Waals surface area contributed by atoms with Gasteiger partial charge in [-0.3, -0.25) is 9.69 Å². The molecule has 2 aliphatic rings. The normalized spacial score (nSPS) is 21.3. The van der Waals surface area contributed by atoms with Crippen molar-refractivity contribution in [1.29, 1.82) is 0 Å². The number of nitrogens with one attached hydrogen (secondary N) is 2. The second-order valence-electron chi connectivity index (χ2n) is 7.91. The van der Waals surface area contributed by atoms with Gasteiger partial charge in [-0.15, -0.1) is 0 Å². The third-order valence-electron chi connectivity index (χ3n) is 5.98. The summed E-state index contributed by atoms with van der Waals surface area (Å²) in [6.45, 7) is 6.85. The van der Waals surface area contributed by atoms with Crippen LogP contribution < -0.4 is 10.6 Å². The first kappa shape index (κ1) is 20.6. The van der Waals surface area contributed by atoms with Gasteiger partial charge in [0.25, 0.3) is 0 Å². The van der Waals surface area contributed by atoms with Crippen LogP contribution in [0, 0.1) is 5.92 Å². The number of urea groups is 1. The van der Waals surface area contributed by atoms with E-state index in [9.17, 15) is 9.59 Å². The van der Waals surface area contributed by atoms with Gasteiger partial charge >= 0.3 is 6.03 Å². The number of likely N-dealkylation sites (tertiary alicyclic amines) is 2. The van der Waals surface area contributed by atoms with Crippen molar-refractivity contribution in [2.24, 2.45) is 5.92 Å². The van der Waals surface area contributed by atoms with Crippen LogP contribution in [0.3, 0.4) is 0 Å². The van der Waals surface area contributed by atoms with E-state index in [1.54, 1.807) is 0 Å². The van der Waals surface area contributed by atoms with Crippen molar-refractivity contribution in [2.75, 3.05) is 39.3 Å². The summed E-state index contributed by atoms with van der Waals surface area (Å²) >= 11 is 0. The van der Waals surface area contributed by atoms with Crippen LogP contribution in [0.2, 0.25) is 0 Å². The molecule has 1 unspecified atom stereocenters. The lowest BCUT2D eigenvalue weighted by atomic mass is 9.93. The number of benzene rings is 1. The Kier molecular flexibility index (Phi) is 7.71. The number of carbonyl (C=O) groups excluding carboxylic acids is 2. The monoisotopic (exact) mass is 386 g/mol. The second-order valence-corrected chi connectivity index (χ2v) is 7.91. The van der Waals surface area contributed by atoms with Crippen molar-refractivity contribution in [3.8, 4) is 0 Å². The lowest BCUT2D eigenvalue weighted by Crippen LogP contribution is -2.52. The Bertz CT molecular complexity index is 629. The van der Waals surface area contributed by atoms with Crippen LogP contribution in [-0.4, -0.2) is 67.0 Å². The number of carbonyl (C=O) groups is 2. The van der Waals surface area contributed by atoms with E-state index in [0.29, 0.717) is 19.1 Å². The molecule has 0 saturated carbocycles. The van der Waals surface area contributed by atoms with Crippen LogP contribution >= 0.6 is 0 Å². The van der Waals surface area contributed by atoms with E-state index in [2.05, 4.69) is 27.7 Å². The molecular weight excluding hydrogens is 352 g/mol. The van der Waals surface area contributed by atoms with Gasteiger partial charge in [-0.2, -0.15) is 0 Å². The third kappa shape index (κ3) is 5.71. The number of hydrogen-bond acceptors (Lipinski definition) is 3. The first-order valence-electron chi connectivity index (χ1n) is 10.8. The Hall–Kier alpha value is -2.08. The zero-order chi connectivity index (χ0) is 19.8. The van der Waals surface area contributed by atoms with Crippen molar-refractivity contribution in [1.82, 2.24) is 20.4 Å². The Morgan fingerprint density at radius 2 is 1.79 bits per heavy atom. The third-order valence-corrected chi connectivity index (χ3v) is 5.98. The van der Waals surface area contributed by atoms with E-state index in [-0.39, 0.29) is 17.9 Å². The van der Waals surface area contributed by atoms with E-state index in [4.69, 9.17) is 0 Å². The summed E-state index contributed by atoms with van der Waals surface area (Å²) in [5.74, 6) is 0.284. The van der Waals surface area contributed by atoms with Crippen LogP contribution in [0.4, 0.5) is 4.79 Å². The molecule has 2 saturated heterocycles. The van der Waals surface area contributed by atoms with Gasteiger partial charge in [0.2, 0.25) is 5.91 Å². The Morgan fingerprint density at radius 1 is 1.04 bits per heavy atom. The Labute approximate surface area is 168 Å². The summed E-state index contributed by atoms with van der Waals surface area (Å²) < 4.78 is 0. The standard InChI is InChI=1S/C22H34N4O2/c1-2-23-22(28)25-15-11-20(12-16-25)26-14-6-9-19(17-26)21(27)24-13-10-18-7-4-3-5-8-18/h3-5,7-8,19-20H,2,6,9-17H2,1H3,(H,23,28)(H,24,27). The molecule has 3 rings (SSSR count). The number of nitrogens with zero attached hydrogens (tertiary/aromatic N) is 2. The maximum absolute atomic E-state index is 12.6. The van der Waals surface area contributed by atoms with Crippen LogP contribution in [0.5, 0.6) is 0 Å². The molecule has 0 radical (unpaired) electrons. The molecule has 1 atom stereocenters. The summed E-state index contributed by atoms with van der Waals surface area (Å²) in [7, 11) is 0. The molecule has 2 N–H and O–H groups in total. The van der Waals surface area contributed by atoms with E-state index < -0.39 is 0 Å². The molecule has 0 aromatic heterocycles. The molecule has 3 amide bonds. The lowest BCUT2D eigenvalue weighted by molar-refractivity contribution is -0.127. The van der Waals surface area contributed by atoms with E-state index >= 15 is 0 Å². The highest BCUT2D eigenvalue weighted by Gasteiger charge is 2.32. The largest absolute Gasteiger partial charge is 0.355 e. The molecule has 2 heterocycles. The molecule has 0 spiro atoms. The number of piperidine rings is 2. The highest BCUT2D eigenvalue weighted by molar-refractivity contribution is 5.79. The molecule has 6 heteroatoms. The molecule has 1 aromatic carbocycles. The van der Waals surface area contributed by atoms with Crippen molar-refractivity contribution in [3.63, 3.8) is 0 Å². The number of rotatable bonds is 6. The molecule has 154 valence electrons. The zero-order valence-electron chi connectivity index (χ0n) is 17.0. The maximum Gasteiger partial charge on any atom is 0.317 e. The molecule has 1 aromatic rings. The number of amides is 3. The SMILES string of the molecule is CCNC(=O)N1CCC(N2CCCC(C(=O)NCCc3ccccc3)C2)CC1. The summed E-state index contributed by atoms with van der Waals surface area (Å²) in [5.41, 5.74) is 1.26. The van der Waals surface area contributed by atoms with Crippen LogP contribution in [0.1, 0.15) is 38.2 Å². The van der Waals surface area contributed by atoms with Gasteiger partial charge < -0.3 is 15.5 Å². The quantitative estimate of drug-likeness (QED) is 0.788. The minimum absolute atomic E-state index is 0.0512.